The van der Waals surface area contributed by atoms with Crippen molar-refractivity contribution >= 4 is 11.4 Å². The zero-order chi connectivity index (χ0) is 14.5. The average Bonchev–Trinajstić information content (AvgIpc) is 2.94. The summed E-state index contributed by atoms with van der Waals surface area (Å²) in [5.74, 6) is -0.114. The predicted octanol–water partition coefficient (Wildman–Crippen LogP) is 3.13. The van der Waals surface area contributed by atoms with Gasteiger partial charge in [0.05, 0.1) is 29.5 Å². The van der Waals surface area contributed by atoms with Gasteiger partial charge in [-0.15, -0.1) is 0 Å². The van der Waals surface area contributed by atoms with Crippen LogP contribution < -0.4 is 5.32 Å². The molecule has 0 aliphatic rings. The molecule has 7 heteroatoms. The van der Waals surface area contributed by atoms with Gasteiger partial charge in [-0.05, 0) is 18.2 Å². The average molecular weight is 280 g/mol. The maximum absolute atomic E-state index is 13.8. The predicted molar refractivity (Wildman–Crippen MR) is 70.0 cm³/mol. The van der Waals surface area contributed by atoms with Gasteiger partial charge in [0.25, 0.3) is 5.69 Å². The van der Waals surface area contributed by atoms with Crippen molar-refractivity contribution in [3.63, 3.8) is 0 Å². The van der Waals surface area contributed by atoms with Gasteiger partial charge in [-0.3, -0.25) is 10.1 Å². The molecule has 1 unspecified atom stereocenters. The summed E-state index contributed by atoms with van der Waals surface area (Å²) < 4.78 is 24.1. The van der Waals surface area contributed by atoms with Crippen LogP contribution in [0.1, 0.15) is 11.8 Å². The molecule has 2 rings (SSSR count). The number of halogens is 1. The van der Waals surface area contributed by atoms with E-state index in [1.54, 1.807) is 12.1 Å². The standard InChI is InChI=1S/C13H13FN2O4/c1-19-8-12(13-3-2-6-20-13)15-11-5-4-9(16(17)18)7-10(11)14/h2-7,12,15H,8H2,1H3. The van der Waals surface area contributed by atoms with Crippen LogP contribution in [0.5, 0.6) is 0 Å². The van der Waals surface area contributed by atoms with Gasteiger partial charge in [-0.1, -0.05) is 0 Å². The molecule has 0 fully saturated rings. The highest BCUT2D eigenvalue weighted by molar-refractivity contribution is 5.51. The van der Waals surface area contributed by atoms with Gasteiger partial charge in [-0.2, -0.15) is 0 Å². The van der Waals surface area contributed by atoms with Crippen LogP contribution in [0.2, 0.25) is 0 Å². The number of furan rings is 1. The van der Waals surface area contributed by atoms with E-state index >= 15 is 0 Å². The maximum Gasteiger partial charge on any atom is 0.272 e. The van der Waals surface area contributed by atoms with E-state index in [1.807, 2.05) is 0 Å². The summed E-state index contributed by atoms with van der Waals surface area (Å²) in [7, 11) is 1.52. The number of non-ortho nitro benzene ring substituents is 1. The van der Waals surface area contributed by atoms with E-state index in [4.69, 9.17) is 9.15 Å². The number of nitrogens with zero attached hydrogens (tertiary/aromatic N) is 1. The lowest BCUT2D eigenvalue weighted by atomic mass is 10.2. The first-order valence-corrected chi connectivity index (χ1v) is 5.84. The second kappa shape index (κ2) is 6.16. The summed E-state index contributed by atoms with van der Waals surface area (Å²) in [6, 6.07) is 6.49. The first kappa shape index (κ1) is 14.0. The SMILES string of the molecule is COCC(Nc1ccc([N+](=O)[O-])cc1F)c1ccco1. The van der Waals surface area contributed by atoms with Crippen molar-refractivity contribution in [2.45, 2.75) is 6.04 Å². The minimum atomic E-state index is -0.702. The Bertz CT molecular complexity index is 586. The van der Waals surface area contributed by atoms with Gasteiger partial charge in [0, 0.05) is 13.2 Å². The molecule has 6 nitrogen and oxygen atoms in total. The Morgan fingerprint density at radius 1 is 1.50 bits per heavy atom. The molecule has 20 heavy (non-hydrogen) atoms. The molecule has 1 aromatic heterocycles. The Kier molecular flexibility index (Phi) is 4.31. The van der Waals surface area contributed by atoms with Gasteiger partial charge in [0.15, 0.2) is 5.82 Å². The van der Waals surface area contributed by atoms with Crippen molar-refractivity contribution in [3.05, 3.63) is 58.3 Å². The molecule has 1 aromatic carbocycles. The van der Waals surface area contributed by atoms with Crippen LogP contribution in [0, 0.1) is 15.9 Å². The van der Waals surface area contributed by atoms with Crippen molar-refractivity contribution in [1.82, 2.24) is 0 Å². The summed E-state index contributed by atoms with van der Waals surface area (Å²) in [5.41, 5.74) is -0.150. The van der Waals surface area contributed by atoms with Crippen molar-refractivity contribution in [1.29, 1.82) is 0 Å². The fourth-order valence-electron chi connectivity index (χ4n) is 1.77. The summed E-state index contributed by atoms with van der Waals surface area (Å²) in [5, 5.41) is 13.5. The Labute approximate surface area is 114 Å². The lowest BCUT2D eigenvalue weighted by Gasteiger charge is -2.17. The molecule has 0 spiro atoms. The third-order valence-corrected chi connectivity index (χ3v) is 2.71. The molecule has 0 saturated heterocycles. The molecular weight excluding hydrogens is 267 g/mol. The number of anilines is 1. The number of rotatable bonds is 6. The van der Waals surface area contributed by atoms with E-state index in [2.05, 4.69) is 5.32 Å². The smallest absolute Gasteiger partial charge is 0.272 e. The Balaban J connectivity index is 2.21. The van der Waals surface area contributed by atoms with Crippen molar-refractivity contribution < 1.29 is 18.5 Å². The van der Waals surface area contributed by atoms with Crippen LogP contribution >= 0.6 is 0 Å². The van der Waals surface area contributed by atoms with E-state index < -0.39 is 10.7 Å². The maximum atomic E-state index is 13.8. The van der Waals surface area contributed by atoms with E-state index in [9.17, 15) is 14.5 Å². The molecule has 0 radical (unpaired) electrons. The fourth-order valence-corrected chi connectivity index (χ4v) is 1.77. The lowest BCUT2D eigenvalue weighted by Crippen LogP contribution is -2.16. The third-order valence-electron chi connectivity index (χ3n) is 2.71. The molecule has 0 saturated carbocycles. The number of hydrogen-bond acceptors (Lipinski definition) is 5. The Morgan fingerprint density at radius 2 is 2.30 bits per heavy atom. The molecule has 0 aliphatic heterocycles. The van der Waals surface area contributed by atoms with Crippen molar-refractivity contribution in [2.75, 3.05) is 19.0 Å². The molecule has 2 aromatic rings. The van der Waals surface area contributed by atoms with Gasteiger partial charge in [0.1, 0.15) is 11.8 Å². The molecule has 1 N–H and O–H groups in total. The number of hydrogen-bond donors (Lipinski definition) is 1. The zero-order valence-corrected chi connectivity index (χ0v) is 10.7. The molecular formula is C13H13FN2O4. The minimum absolute atomic E-state index is 0.147. The zero-order valence-electron chi connectivity index (χ0n) is 10.7. The monoisotopic (exact) mass is 280 g/mol. The molecule has 0 aliphatic carbocycles. The van der Waals surface area contributed by atoms with E-state index in [0.717, 1.165) is 6.07 Å². The number of ether oxygens (including phenoxy) is 1. The number of nitrogens with one attached hydrogen (secondary N) is 1. The third kappa shape index (κ3) is 3.12. The second-order valence-electron chi connectivity index (χ2n) is 4.09. The highest BCUT2D eigenvalue weighted by Crippen LogP contribution is 2.25. The first-order valence-electron chi connectivity index (χ1n) is 5.84. The van der Waals surface area contributed by atoms with E-state index in [-0.39, 0.29) is 24.0 Å². The topological polar surface area (TPSA) is 77.5 Å². The summed E-state index contributed by atoms with van der Waals surface area (Å²) >= 11 is 0. The highest BCUT2D eigenvalue weighted by atomic mass is 19.1. The summed E-state index contributed by atoms with van der Waals surface area (Å²) in [4.78, 5) is 9.91. The normalized spacial score (nSPS) is 12.1. The van der Waals surface area contributed by atoms with Gasteiger partial charge >= 0.3 is 0 Å². The van der Waals surface area contributed by atoms with E-state index in [1.165, 1.54) is 25.5 Å². The van der Waals surface area contributed by atoms with E-state index in [0.29, 0.717) is 5.76 Å². The first-order chi connectivity index (χ1) is 9.61. The number of nitro groups is 1. The van der Waals surface area contributed by atoms with Gasteiger partial charge in [0.2, 0.25) is 0 Å². The summed E-state index contributed by atoms with van der Waals surface area (Å²) in [6.07, 6.45) is 1.51. The number of nitro benzene ring substituents is 1. The molecule has 0 amide bonds. The van der Waals surface area contributed by atoms with Crippen LogP contribution in [0.25, 0.3) is 0 Å². The van der Waals surface area contributed by atoms with Crippen LogP contribution in [-0.4, -0.2) is 18.6 Å². The molecule has 0 bridgehead atoms. The fraction of sp³-hybridized carbons (Fsp3) is 0.231. The quantitative estimate of drug-likeness (QED) is 0.649. The number of methoxy groups -OCH3 is 1. The summed E-state index contributed by atoms with van der Waals surface area (Å²) in [6.45, 7) is 0.268. The number of benzene rings is 1. The van der Waals surface area contributed by atoms with Crippen LogP contribution in [0.4, 0.5) is 15.8 Å². The highest BCUT2D eigenvalue weighted by Gasteiger charge is 2.17. The second-order valence-corrected chi connectivity index (χ2v) is 4.09. The largest absolute Gasteiger partial charge is 0.467 e. The van der Waals surface area contributed by atoms with Gasteiger partial charge in [-0.25, -0.2) is 4.39 Å². The van der Waals surface area contributed by atoms with Gasteiger partial charge < -0.3 is 14.5 Å². The van der Waals surface area contributed by atoms with Crippen molar-refractivity contribution in [3.8, 4) is 0 Å². The molecule has 1 atom stereocenters. The molecule has 106 valence electrons. The molecule has 1 heterocycles. The Hall–Kier alpha value is -2.41. The van der Waals surface area contributed by atoms with Crippen molar-refractivity contribution in [2.24, 2.45) is 0 Å². The van der Waals surface area contributed by atoms with Crippen LogP contribution in [0.3, 0.4) is 0 Å². The lowest BCUT2D eigenvalue weighted by molar-refractivity contribution is -0.385. The van der Waals surface area contributed by atoms with Crippen LogP contribution in [0.15, 0.2) is 41.0 Å². The minimum Gasteiger partial charge on any atom is -0.467 e. The Morgan fingerprint density at radius 3 is 2.85 bits per heavy atom. The van der Waals surface area contributed by atoms with Crippen LogP contribution in [-0.2, 0) is 4.74 Å².